The van der Waals surface area contributed by atoms with Gasteiger partial charge in [0.2, 0.25) is 0 Å². The minimum absolute atomic E-state index is 0.378. The molecule has 1 atom stereocenters. The summed E-state index contributed by atoms with van der Waals surface area (Å²) in [5.41, 5.74) is 9.11. The maximum atomic E-state index is 5.99. The van der Waals surface area contributed by atoms with Gasteiger partial charge in [0.1, 0.15) is 0 Å². The molecule has 0 saturated carbocycles. The molecule has 1 aromatic heterocycles. The van der Waals surface area contributed by atoms with Gasteiger partial charge in [0.25, 0.3) is 0 Å². The minimum atomic E-state index is 0.378. The van der Waals surface area contributed by atoms with Crippen molar-refractivity contribution in [1.29, 1.82) is 0 Å². The number of halogens is 1. The first kappa shape index (κ1) is 11.9. The second-order valence-corrected chi connectivity index (χ2v) is 6.06. The topological polar surface area (TPSA) is 38.0 Å². The van der Waals surface area contributed by atoms with E-state index in [9.17, 15) is 0 Å². The fraction of sp³-hybridized carbons (Fsp3) is 0.286. The largest absolute Gasteiger partial charge is 0.397 e. The Balaban J connectivity index is 1.86. The lowest BCUT2D eigenvalue weighted by molar-refractivity contribution is 0.609. The average Bonchev–Trinajstić information content (AvgIpc) is 2.82. The van der Waals surface area contributed by atoms with Crippen molar-refractivity contribution in [3.05, 3.63) is 45.1 Å². The maximum absolute atomic E-state index is 5.99. The Morgan fingerprint density at radius 3 is 3.06 bits per heavy atom. The van der Waals surface area contributed by atoms with E-state index < -0.39 is 0 Å². The molecule has 1 aliphatic rings. The van der Waals surface area contributed by atoms with Crippen LogP contribution in [0.5, 0.6) is 0 Å². The number of nitrogens with two attached hydrogens (primary N) is 1. The third kappa shape index (κ3) is 2.20. The maximum Gasteiger partial charge on any atom is 0.0579 e. The van der Waals surface area contributed by atoms with Crippen molar-refractivity contribution in [2.75, 3.05) is 11.1 Å². The number of nitrogen functional groups attached to an aromatic ring is 1. The number of benzene rings is 1. The molecular formula is C14H15ClN2S. The lowest BCUT2D eigenvalue weighted by atomic mass is 9.94. The van der Waals surface area contributed by atoms with E-state index >= 15 is 0 Å². The van der Waals surface area contributed by atoms with Crippen LogP contribution >= 0.6 is 22.9 Å². The van der Waals surface area contributed by atoms with Gasteiger partial charge in [0.05, 0.1) is 17.4 Å². The number of hydrogen-bond acceptors (Lipinski definition) is 3. The molecule has 1 unspecified atom stereocenters. The molecule has 18 heavy (non-hydrogen) atoms. The summed E-state index contributed by atoms with van der Waals surface area (Å²) in [7, 11) is 0. The number of nitrogens with one attached hydrogen (secondary N) is 1. The first-order valence-corrected chi connectivity index (χ1v) is 7.37. The van der Waals surface area contributed by atoms with Crippen molar-refractivity contribution in [3.8, 4) is 0 Å². The van der Waals surface area contributed by atoms with Crippen LogP contribution in [0.1, 0.15) is 29.3 Å². The van der Waals surface area contributed by atoms with Crippen LogP contribution in [-0.2, 0) is 6.42 Å². The van der Waals surface area contributed by atoms with Gasteiger partial charge in [-0.05, 0) is 54.5 Å². The van der Waals surface area contributed by atoms with Gasteiger partial charge in [0.15, 0.2) is 0 Å². The van der Waals surface area contributed by atoms with Crippen LogP contribution < -0.4 is 11.1 Å². The summed E-state index contributed by atoms with van der Waals surface area (Å²) >= 11 is 7.77. The molecule has 94 valence electrons. The monoisotopic (exact) mass is 278 g/mol. The molecule has 2 aromatic rings. The standard InChI is InChI=1S/C14H15ClN2S/c15-9-4-5-13(11(16)8-9)17-12-2-1-3-14-10(12)6-7-18-14/h4-8,12,17H,1-3,16H2. The Bertz CT molecular complexity index is 565. The third-order valence-electron chi connectivity index (χ3n) is 3.40. The predicted octanol–water partition coefficient (Wildman–Crippen LogP) is 4.47. The first-order valence-electron chi connectivity index (χ1n) is 6.12. The van der Waals surface area contributed by atoms with Crippen LogP contribution in [0.3, 0.4) is 0 Å². The molecule has 1 aromatic carbocycles. The average molecular weight is 279 g/mol. The molecule has 0 bridgehead atoms. The van der Waals surface area contributed by atoms with Crippen molar-refractivity contribution in [1.82, 2.24) is 0 Å². The molecule has 0 aliphatic heterocycles. The molecular weight excluding hydrogens is 264 g/mol. The smallest absolute Gasteiger partial charge is 0.0579 e. The molecule has 4 heteroatoms. The predicted molar refractivity (Wildman–Crippen MR) is 79.5 cm³/mol. The van der Waals surface area contributed by atoms with Crippen LogP contribution in [0.2, 0.25) is 5.02 Å². The van der Waals surface area contributed by atoms with Crippen LogP contribution in [-0.4, -0.2) is 0 Å². The highest BCUT2D eigenvalue weighted by atomic mass is 35.5. The van der Waals surface area contributed by atoms with Crippen LogP contribution in [0, 0.1) is 0 Å². The van der Waals surface area contributed by atoms with Gasteiger partial charge in [-0.25, -0.2) is 0 Å². The fourth-order valence-electron chi connectivity index (χ4n) is 2.49. The molecule has 0 spiro atoms. The number of hydrogen-bond donors (Lipinski definition) is 2. The SMILES string of the molecule is Nc1cc(Cl)ccc1NC1CCCc2sccc21. The third-order valence-corrected chi connectivity index (χ3v) is 4.63. The molecule has 0 saturated heterocycles. The summed E-state index contributed by atoms with van der Waals surface area (Å²) in [6, 6.07) is 8.23. The lowest BCUT2D eigenvalue weighted by Crippen LogP contribution is -2.16. The summed E-state index contributed by atoms with van der Waals surface area (Å²) in [6.07, 6.45) is 3.60. The first-order chi connectivity index (χ1) is 8.74. The number of rotatable bonds is 2. The molecule has 1 aliphatic carbocycles. The van der Waals surface area contributed by atoms with Crippen molar-refractivity contribution in [2.45, 2.75) is 25.3 Å². The molecule has 0 radical (unpaired) electrons. The zero-order valence-electron chi connectivity index (χ0n) is 9.95. The van der Waals surface area contributed by atoms with E-state index in [1.54, 1.807) is 6.07 Å². The van der Waals surface area contributed by atoms with E-state index in [0.29, 0.717) is 16.8 Å². The summed E-state index contributed by atoms with van der Waals surface area (Å²) in [5, 5.41) is 6.40. The van der Waals surface area contributed by atoms with Crippen molar-refractivity contribution in [2.24, 2.45) is 0 Å². The highest BCUT2D eigenvalue weighted by Gasteiger charge is 2.21. The van der Waals surface area contributed by atoms with Crippen LogP contribution in [0.4, 0.5) is 11.4 Å². The van der Waals surface area contributed by atoms with E-state index in [1.807, 2.05) is 23.5 Å². The summed E-state index contributed by atoms with van der Waals surface area (Å²) < 4.78 is 0. The minimum Gasteiger partial charge on any atom is -0.397 e. The van der Waals surface area contributed by atoms with Crippen molar-refractivity contribution < 1.29 is 0 Å². The lowest BCUT2D eigenvalue weighted by Gasteiger charge is -2.25. The number of anilines is 2. The van der Waals surface area contributed by atoms with Gasteiger partial charge >= 0.3 is 0 Å². The highest BCUT2D eigenvalue weighted by Crippen LogP contribution is 2.36. The Labute approximate surface area is 116 Å². The zero-order valence-corrected chi connectivity index (χ0v) is 11.5. The van der Waals surface area contributed by atoms with E-state index in [-0.39, 0.29) is 0 Å². The zero-order chi connectivity index (χ0) is 12.5. The second kappa shape index (κ2) is 4.82. The summed E-state index contributed by atoms with van der Waals surface area (Å²) in [4.78, 5) is 1.51. The molecule has 1 heterocycles. The number of fused-ring (bicyclic) bond motifs is 1. The van der Waals surface area contributed by atoms with Crippen LogP contribution in [0.15, 0.2) is 29.6 Å². The molecule has 0 fully saturated rings. The van der Waals surface area contributed by atoms with Gasteiger partial charge in [0, 0.05) is 9.90 Å². The van der Waals surface area contributed by atoms with Gasteiger partial charge < -0.3 is 11.1 Å². The summed E-state index contributed by atoms with van der Waals surface area (Å²) in [6.45, 7) is 0. The summed E-state index contributed by atoms with van der Waals surface area (Å²) in [5.74, 6) is 0. The van der Waals surface area contributed by atoms with Crippen molar-refractivity contribution in [3.63, 3.8) is 0 Å². The van der Waals surface area contributed by atoms with E-state index in [0.717, 1.165) is 12.1 Å². The van der Waals surface area contributed by atoms with Gasteiger partial charge in [-0.2, -0.15) is 0 Å². The van der Waals surface area contributed by atoms with Crippen LogP contribution in [0.25, 0.3) is 0 Å². The van der Waals surface area contributed by atoms with Gasteiger partial charge in [-0.1, -0.05) is 11.6 Å². The fourth-order valence-corrected chi connectivity index (χ4v) is 3.66. The van der Waals surface area contributed by atoms with Crippen molar-refractivity contribution >= 4 is 34.3 Å². The highest BCUT2D eigenvalue weighted by molar-refractivity contribution is 7.10. The van der Waals surface area contributed by atoms with E-state index in [2.05, 4.69) is 16.8 Å². The molecule has 2 nitrogen and oxygen atoms in total. The molecule has 0 amide bonds. The van der Waals surface area contributed by atoms with E-state index in [4.69, 9.17) is 17.3 Å². The van der Waals surface area contributed by atoms with E-state index in [1.165, 1.54) is 23.3 Å². The second-order valence-electron chi connectivity index (χ2n) is 4.62. The number of thiophene rings is 1. The normalized spacial score (nSPS) is 18.4. The Hall–Kier alpha value is -1.19. The van der Waals surface area contributed by atoms with Gasteiger partial charge in [-0.3, -0.25) is 0 Å². The Morgan fingerprint density at radius 2 is 2.22 bits per heavy atom. The van der Waals surface area contributed by atoms with Gasteiger partial charge in [-0.15, -0.1) is 11.3 Å². The Kier molecular flexibility index (Phi) is 3.18. The Morgan fingerprint density at radius 1 is 1.33 bits per heavy atom. The number of aryl methyl sites for hydroxylation is 1. The quantitative estimate of drug-likeness (QED) is 0.795. The molecule has 3 N–H and O–H groups in total. The molecule has 3 rings (SSSR count).